The van der Waals surface area contributed by atoms with Gasteiger partial charge in [-0.1, -0.05) is 5.16 Å². The van der Waals surface area contributed by atoms with Crippen molar-refractivity contribution in [3.8, 4) is 16.9 Å². The largest absolute Gasteiger partial charge is 0.501 e. The second-order valence-electron chi connectivity index (χ2n) is 4.86. The molecule has 1 aromatic carbocycles. The molecule has 0 aliphatic rings. The number of anilines is 1. The van der Waals surface area contributed by atoms with E-state index in [0.717, 1.165) is 22.6 Å². The van der Waals surface area contributed by atoms with E-state index in [-0.39, 0.29) is 5.91 Å². The summed E-state index contributed by atoms with van der Waals surface area (Å²) >= 11 is 0. The van der Waals surface area contributed by atoms with E-state index < -0.39 is 0 Å². The lowest BCUT2D eigenvalue weighted by molar-refractivity contribution is -0.112. The predicted molar refractivity (Wildman–Crippen MR) is 87.4 cm³/mol. The van der Waals surface area contributed by atoms with Gasteiger partial charge in [0.2, 0.25) is 0 Å². The topological polar surface area (TPSA) is 73.6 Å². The second-order valence-corrected chi connectivity index (χ2v) is 4.86. The molecule has 122 valence electrons. The number of amides is 1. The molecule has 1 amide bonds. The number of methoxy groups -OCH3 is 1. The van der Waals surface area contributed by atoms with Crippen molar-refractivity contribution >= 4 is 11.6 Å². The molecule has 0 radical (unpaired) electrons. The summed E-state index contributed by atoms with van der Waals surface area (Å²) in [5.74, 6) is 1.08. The van der Waals surface area contributed by atoms with Crippen LogP contribution in [0.15, 0.2) is 35.1 Å². The summed E-state index contributed by atoms with van der Waals surface area (Å²) in [4.78, 5) is 11.8. The van der Waals surface area contributed by atoms with Gasteiger partial charge in [0.05, 0.1) is 31.2 Å². The molecule has 1 N–H and O–H groups in total. The lowest BCUT2D eigenvalue weighted by Gasteiger charge is -2.11. The molecule has 0 saturated carbocycles. The van der Waals surface area contributed by atoms with Crippen molar-refractivity contribution in [1.29, 1.82) is 0 Å². The van der Waals surface area contributed by atoms with E-state index in [2.05, 4.69) is 10.5 Å². The SMILES string of the molecule is CCO/C=C/C(=O)Nc1ccc(-c2c(C)noc2C)c(OC)c1. The van der Waals surface area contributed by atoms with Gasteiger partial charge in [0.1, 0.15) is 11.5 Å². The number of hydrogen-bond acceptors (Lipinski definition) is 5. The van der Waals surface area contributed by atoms with E-state index in [9.17, 15) is 4.79 Å². The van der Waals surface area contributed by atoms with E-state index in [0.29, 0.717) is 18.0 Å². The van der Waals surface area contributed by atoms with Gasteiger partial charge in [0.15, 0.2) is 0 Å². The number of nitrogens with one attached hydrogen (secondary N) is 1. The number of rotatable bonds is 6. The van der Waals surface area contributed by atoms with Gasteiger partial charge in [-0.3, -0.25) is 4.79 Å². The molecule has 6 heteroatoms. The maximum Gasteiger partial charge on any atom is 0.251 e. The number of hydrogen-bond donors (Lipinski definition) is 1. The number of carbonyl (C=O) groups excluding carboxylic acids is 1. The van der Waals surface area contributed by atoms with Crippen molar-refractivity contribution in [2.45, 2.75) is 20.8 Å². The van der Waals surface area contributed by atoms with Crippen LogP contribution >= 0.6 is 0 Å². The van der Waals surface area contributed by atoms with Gasteiger partial charge < -0.3 is 19.3 Å². The minimum atomic E-state index is -0.273. The van der Waals surface area contributed by atoms with Gasteiger partial charge in [-0.25, -0.2) is 0 Å². The van der Waals surface area contributed by atoms with Crippen molar-refractivity contribution < 1.29 is 18.8 Å². The quantitative estimate of drug-likeness (QED) is 0.652. The molecule has 2 aromatic rings. The van der Waals surface area contributed by atoms with E-state index in [1.165, 1.54) is 12.3 Å². The molecule has 6 nitrogen and oxygen atoms in total. The van der Waals surface area contributed by atoms with E-state index in [1.807, 2.05) is 26.8 Å². The zero-order valence-corrected chi connectivity index (χ0v) is 13.7. The third-order valence-corrected chi connectivity index (χ3v) is 3.25. The normalized spacial score (nSPS) is 10.8. The predicted octanol–water partition coefficient (Wildman–Crippen LogP) is 3.46. The first-order valence-corrected chi connectivity index (χ1v) is 7.27. The minimum absolute atomic E-state index is 0.273. The Hall–Kier alpha value is -2.76. The van der Waals surface area contributed by atoms with Crippen molar-refractivity contribution in [2.75, 3.05) is 19.0 Å². The average molecular weight is 316 g/mol. The molecule has 0 spiro atoms. The smallest absolute Gasteiger partial charge is 0.251 e. The fourth-order valence-electron chi connectivity index (χ4n) is 2.23. The van der Waals surface area contributed by atoms with Crippen LogP contribution in [0.1, 0.15) is 18.4 Å². The van der Waals surface area contributed by atoms with Gasteiger partial charge >= 0.3 is 0 Å². The average Bonchev–Trinajstić information content (AvgIpc) is 2.86. The molecule has 2 rings (SSSR count). The number of carbonyl (C=O) groups is 1. The number of aryl methyl sites for hydroxylation is 2. The first kappa shape index (κ1) is 16.6. The maximum atomic E-state index is 11.8. The molecule has 0 unspecified atom stereocenters. The minimum Gasteiger partial charge on any atom is -0.501 e. The fourth-order valence-corrected chi connectivity index (χ4v) is 2.23. The third kappa shape index (κ3) is 3.91. The number of ether oxygens (including phenoxy) is 2. The molecular formula is C17H20N2O4. The van der Waals surface area contributed by atoms with Crippen LogP contribution in [0.5, 0.6) is 5.75 Å². The Morgan fingerprint density at radius 1 is 1.39 bits per heavy atom. The van der Waals surface area contributed by atoms with E-state index in [1.54, 1.807) is 19.2 Å². The Bertz CT molecular complexity index is 700. The molecule has 0 aliphatic heterocycles. The Morgan fingerprint density at radius 3 is 2.78 bits per heavy atom. The molecular weight excluding hydrogens is 296 g/mol. The maximum absolute atomic E-state index is 11.8. The van der Waals surface area contributed by atoms with Gasteiger partial charge in [0.25, 0.3) is 5.91 Å². The number of aromatic nitrogens is 1. The van der Waals surface area contributed by atoms with Crippen molar-refractivity contribution in [1.82, 2.24) is 5.16 Å². The highest BCUT2D eigenvalue weighted by atomic mass is 16.5. The molecule has 0 fully saturated rings. The Balaban J connectivity index is 2.25. The summed E-state index contributed by atoms with van der Waals surface area (Å²) in [6, 6.07) is 5.43. The summed E-state index contributed by atoms with van der Waals surface area (Å²) in [5.41, 5.74) is 3.18. The monoisotopic (exact) mass is 316 g/mol. The lowest BCUT2D eigenvalue weighted by atomic mass is 10.0. The summed E-state index contributed by atoms with van der Waals surface area (Å²) in [7, 11) is 1.58. The van der Waals surface area contributed by atoms with Gasteiger partial charge in [-0.15, -0.1) is 0 Å². The molecule has 0 atom stereocenters. The van der Waals surface area contributed by atoms with Crippen LogP contribution in [0.2, 0.25) is 0 Å². The molecule has 0 bridgehead atoms. The number of benzene rings is 1. The van der Waals surface area contributed by atoms with Crippen molar-refractivity contribution in [3.05, 3.63) is 42.0 Å². The van der Waals surface area contributed by atoms with Crippen molar-refractivity contribution in [2.24, 2.45) is 0 Å². The van der Waals surface area contributed by atoms with Crippen LogP contribution in [0.3, 0.4) is 0 Å². The standard InChI is InChI=1S/C17H20N2O4/c1-5-22-9-8-16(20)18-13-6-7-14(15(10-13)21-4)17-11(2)19-23-12(17)3/h6-10H,5H2,1-4H3,(H,18,20)/b9-8+. The molecule has 0 saturated heterocycles. The number of nitrogens with zero attached hydrogens (tertiary/aromatic N) is 1. The Kier molecular flexibility index (Phi) is 5.41. The highest BCUT2D eigenvalue weighted by Crippen LogP contribution is 2.36. The first-order valence-electron chi connectivity index (χ1n) is 7.27. The molecule has 1 heterocycles. The van der Waals surface area contributed by atoms with Crippen LogP contribution in [0.25, 0.3) is 11.1 Å². The Morgan fingerprint density at radius 2 is 2.17 bits per heavy atom. The van der Waals surface area contributed by atoms with Crippen LogP contribution in [-0.2, 0) is 9.53 Å². The molecule has 1 aromatic heterocycles. The molecule has 0 aliphatic carbocycles. The Labute approximate surface area is 135 Å². The van der Waals surface area contributed by atoms with Gasteiger partial charge in [-0.05, 0) is 32.9 Å². The van der Waals surface area contributed by atoms with Gasteiger partial charge in [-0.2, -0.15) is 0 Å². The van der Waals surface area contributed by atoms with E-state index in [4.69, 9.17) is 14.0 Å². The van der Waals surface area contributed by atoms with Crippen LogP contribution < -0.4 is 10.1 Å². The summed E-state index contributed by atoms with van der Waals surface area (Å²) in [6.45, 7) is 6.09. The third-order valence-electron chi connectivity index (χ3n) is 3.25. The highest BCUT2D eigenvalue weighted by molar-refractivity contribution is 5.99. The zero-order chi connectivity index (χ0) is 16.8. The summed E-state index contributed by atoms with van der Waals surface area (Å²) < 4.78 is 15.6. The lowest BCUT2D eigenvalue weighted by Crippen LogP contribution is -2.08. The highest BCUT2D eigenvalue weighted by Gasteiger charge is 2.16. The van der Waals surface area contributed by atoms with Crippen LogP contribution in [-0.4, -0.2) is 24.8 Å². The summed E-state index contributed by atoms with van der Waals surface area (Å²) in [5, 5.41) is 6.71. The molecule has 23 heavy (non-hydrogen) atoms. The summed E-state index contributed by atoms with van der Waals surface area (Å²) in [6.07, 6.45) is 2.70. The fraction of sp³-hybridized carbons (Fsp3) is 0.294. The van der Waals surface area contributed by atoms with E-state index >= 15 is 0 Å². The van der Waals surface area contributed by atoms with Crippen molar-refractivity contribution in [3.63, 3.8) is 0 Å². The van der Waals surface area contributed by atoms with Crippen LogP contribution in [0, 0.1) is 13.8 Å². The zero-order valence-electron chi connectivity index (χ0n) is 13.7. The van der Waals surface area contributed by atoms with Gasteiger partial charge in [0, 0.05) is 23.4 Å². The first-order chi connectivity index (χ1) is 11.1. The second kappa shape index (κ2) is 7.49. The van der Waals surface area contributed by atoms with Crippen LogP contribution in [0.4, 0.5) is 5.69 Å².